The van der Waals surface area contributed by atoms with Crippen molar-refractivity contribution in [2.75, 3.05) is 0 Å². The lowest BCUT2D eigenvalue weighted by Crippen LogP contribution is -2.22. The Bertz CT molecular complexity index is 745. The number of aryl methyl sites for hydroxylation is 2. The molecular weight excluding hydrogens is 346 g/mol. The molecule has 0 heterocycles. The van der Waals surface area contributed by atoms with Crippen LogP contribution in [0.4, 0.5) is 0 Å². The average Bonchev–Trinajstić information content (AvgIpc) is 2.58. The van der Waals surface area contributed by atoms with Gasteiger partial charge in [0.1, 0.15) is 11.5 Å². The maximum atomic E-state index is 10.8. The van der Waals surface area contributed by atoms with Gasteiger partial charge in [-0.1, -0.05) is 65.8 Å². The Morgan fingerprint density at radius 2 is 1.18 bits per heavy atom. The first-order valence-corrected chi connectivity index (χ1v) is 10.3. The highest BCUT2D eigenvalue weighted by molar-refractivity contribution is 5.50. The summed E-state index contributed by atoms with van der Waals surface area (Å²) in [6, 6.07) is 11.8. The number of hydrogen-bond donors (Lipinski definition) is 3. The van der Waals surface area contributed by atoms with Crippen LogP contribution in [0.2, 0.25) is 0 Å². The van der Waals surface area contributed by atoms with Gasteiger partial charge in [0.05, 0.1) is 0 Å². The topological polar surface area (TPSA) is 66.5 Å². The van der Waals surface area contributed by atoms with Gasteiger partial charge in [-0.3, -0.25) is 0 Å². The molecule has 154 valence electrons. The van der Waals surface area contributed by atoms with Crippen molar-refractivity contribution in [1.82, 2.24) is 0 Å². The number of hydrogen-bond acceptors (Lipinski definition) is 3. The lowest BCUT2D eigenvalue weighted by Gasteiger charge is -2.28. The Morgan fingerprint density at radius 1 is 0.750 bits per heavy atom. The van der Waals surface area contributed by atoms with E-state index in [-0.39, 0.29) is 16.9 Å². The lowest BCUT2D eigenvalue weighted by molar-refractivity contribution is 0.422. The molecule has 0 fully saturated rings. The van der Waals surface area contributed by atoms with Gasteiger partial charge in [-0.2, -0.15) is 0 Å². The van der Waals surface area contributed by atoms with Gasteiger partial charge < -0.3 is 15.9 Å². The number of benzene rings is 2. The van der Waals surface area contributed by atoms with Gasteiger partial charge >= 0.3 is 0 Å². The van der Waals surface area contributed by atoms with Gasteiger partial charge in [-0.25, -0.2) is 0 Å². The predicted molar refractivity (Wildman–Crippen MR) is 118 cm³/mol. The summed E-state index contributed by atoms with van der Waals surface area (Å²) in [4.78, 5) is 0. The van der Waals surface area contributed by atoms with Crippen LogP contribution >= 0.6 is 0 Å². The Balaban J connectivity index is 2.09. The van der Waals surface area contributed by atoms with Crippen molar-refractivity contribution in [1.29, 1.82) is 0 Å². The summed E-state index contributed by atoms with van der Waals surface area (Å²) in [5.41, 5.74) is 10.6. The predicted octanol–water partition coefficient (Wildman–Crippen LogP) is 5.59. The van der Waals surface area contributed by atoms with Crippen molar-refractivity contribution >= 4 is 0 Å². The van der Waals surface area contributed by atoms with E-state index in [9.17, 15) is 10.2 Å². The molecule has 0 saturated heterocycles. The molecule has 0 saturated carbocycles. The van der Waals surface area contributed by atoms with Gasteiger partial charge in [0, 0.05) is 6.04 Å². The number of aromatic hydroxyl groups is 2. The van der Waals surface area contributed by atoms with E-state index < -0.39 is 0 Å². The highest BCUT2D eigenvalue weighted by atomic mass is 16.3. The van der Waals surface area contributed by atoms with Crippen molar-refractivity contribution in [3.63, 3.8) is 0 Å². The van der Waals surface area contributed by atoms with E-state index in [1.807, 2.05) is 12.1 Å². The maximum Gasteiger partial charge on any atom is 0.123 e. The van der Waals surface area contributed by atoms with E-state index in [2.05, 4.69) is 53.7 Å². The first-order chi connectivity index (χ1) is 12.9. The zero-order valence-corrected chi connectivity index (χ0v) is 18.3. The van der Waals surface area contributed by atoms with Crippen molar-refractivity contribution in [2.24, 2.45) is 5.73 Å². The second-order valence-corrected chi connectivity index (χ2v) is 10.0. The van der Waals surface area contributed by atoms with Crippen molar-refractivity contribution in [2.45, 2.75) is 84.1 Å². The molecule has 1 unspecified atom stereocenters. The lowest BCUT2D eigenvalue weighted by atomic mass is 9.78. The largest absolute Gasteiger partial charge is 0.508 e. The third kappa shape index (κ3) is 6.00. The molecule has 2 aromatic carbocycles. The van der Waals surface area contributed by atoms with Gasteiger partial charge in [-0.15, -0.1) is 0 Å². The third-order valence-electron chi connectivity index (χ3n) is 5.33. The fourth-order valence-corrected chi connectivity index (χ4v) is 3.49. The zero-order chi connectivity index (χ0) is 21.1. The molecule has 1 atom stereocenters. The van der Waals surface area contributed by atoms with E-state index in [1.165, 1.54) is 11.1 Å². The van der Waals surface area contributed by atoms with Crippen LogP contribution in [0.1, 0.15) is 76.6 Å². The molecule has 0 radical (unpaired) electrons. The second-order valence-electron chi connectivity index (χ2n) is 10.0. The van der Waals surface area contributed by atoms with E-state index >= 15 is 0 Å². The summed E-state index contributed by atoms with van der Waals surface area (Å²) in [5.74, 6) is 0.727. The molecule has 2 aromatic rings. The van der Waals surface area contributed by atoms with Crippen LogP contribution in [0, 0.1) is 0 Å². The first-order valence-electron chi connectivity index (χ1n) is 10.3. The van der Waals surface area contributed by atoms with Crippen LogP contribution in [0.25, 0.3) is 0 Å². The molecule has 0 aliphatic carbocycles. The normalized spacial score (nSPS) is 13.5. The standard InChI is InChI=1S/C25H37NO2/c1-24(2,3)21-15-18(16-22(23(21)28)25(4,5)6)8-12-19(26)11-7-17-9-13-20(27)14-10-17/h9-10,13-16,19,27-28H,7-8,11-12,26H2,1-6H3. The Kier molecular flexibility index (Phi) is 6.82. The van der Waals surface area contributed by atoms with Gasteiger partial charge in [-0.05, 0) is 70.9 Å². The van der Waals surface area contributed by atoms with E-state index in [0.29, 0.717) is 11.5 Å². The molecule has 0 bridgehead atoms. The van der Waals surface area contributed by atoms with E-state index in [4.69, 9.17) is 5.73 Å². The second kappa shape index (κ2) is 8.57. The van der Waals surface area contributed by atoms with Gasteiger partial charge in [0.25, 0.3) is 0 Å². The molecular formula is C25H37NO2. The van der Waals surface area contributed by atoms with Crippen LogP contribution in [0.15, 0.2) is 36.4 Å². The van der Waals surface area contributed by atoms with Crippen molar-refractivity contribution < 1.29 is 10.2 Å². The number of phenols is 2. The highest BCUT2D eigenvalue weighted by Gasteiger charge is 2.26. The Hall–Kier alpha value is -2.00. The zero-order valence-electron chi connectivity index (χ0n) is 18.3. The fourth-order valence-electron chi connectivity index (χ4n) is 3.49. The monoisotopic (exact) mass is 383 g/mol. The highest BCUT2D eigenvalue weighted by Crippen LogP contribution is 2.40. The molecule has 4 N–H and O–H groups in total. The van der Waals surface area contributed by atoms with Crippen LogP contribution in [0.3, 0.4) is 0 Å². The summed E-state index contributed by atoms with van der Waals surface area (Å²) >= 11 is 0. The first kappa shape index (κ1) is 22.3. The van der Waals surface area contributed by atoms with E-state index in [0.717, 1.165) is 36.8 Å². The van der Waals surface area contributed by atoms with Crippen molar-refractivity contribution in [3.8, 4) is 11.5 Å². The number of phenolic OH excluding ortho intramolecular Hbond substituents is 2. The molecule has 0 aliphatic heterocycles. The van der Waals surface area contributed by atoms with Gasteiger partial charge in [0.15, 0.2) is 0 Å². The summed E-state index contributed by atoms with van der Waals surface area (Å²) < 4.78 is 0. The molecule has 0 aromatic heterocycles. The molecule has 0 aliphatic rings. The van der Waals surface area contributed by atoms with Crippen LogP contribution in [-0.2, 0) is 23.7 Å². The summed E-state index contributed by atoms with van der Waals surface area (Å²) in [6.07, 6.45) is 3.65. The van der Waals surface area contributed by atoms with Crippen LogP contribution in [0.5, 0.6) is 11.5 Å². The van der Waals surface area contributed by atoms with Gasteiger partial charge in [0.2, 0.25) is 0 Å². The summed E-state index contributed by atoms with van der Waals surface area (Å²) in [6.45, 7) is 12.8. The molecule has 28 heavy (non-hydrogen) atoms. The smallest absolute Gasteiger partial charge is 0.123 e. The maximum absolute atomic E-state index is 10.8. The number of nitrogens with two attached hydrogens (primary N) is 1. The Labute approximate surface area is 170 Å². The molecule has 2 rings (SSSR count). The fraction of sp³-hybridized carbons (Fsp3) is 0.520. The van der Waals surface area contributed by atoms with E-state index in [1.54, 1.807) is 12.1 Å². The Morgan fingerprint density at radius 3 is 1.61 bits per heavy atom. The minimum Gasteiger partial charge on any atom is -0.508 e. The summed E-state index contributed by atoms with van der Waals surface area (Å²) in [5, 5.41) is 20.2. The molecule has 0 amide bonds. The molecule has 3 heteroatoms. The quantitative estimate of drug-likeness (QED) is 0.609. The van der Waals surface area contributed by atoms with Crippen molar-refractivity contribution in [3.05, 3.63) is 58.7 Å². The number of rotatable bonds is 6. The average molecular weight is 384 g/mol. The molecule has 0 spiro atoms. The van der Waals surface area contributed by atoms with Crippen LogP contribution < -0.4 is 5.73 Å². The minimum atomic E-state index is -0.110. The SMILES string of the molecule is CC(C)(C)c1cc(CCC(N)CCc2ccc(O)cc2)cc(C(C)(C)C)c1O. The molecule has 3 nitrogen and oxygen atoms in total. The minimum absolute atomic E-state index is 0.110. The third-order valence-corrected chi connectivity index (χ3v) is 5.33. The van der Waals surface area contributed by atoms with Crippen LogP contribution in [-0.4, -0.2) is 16.3 Å². The summed E-state index contributed by atoms with van der Waals surface area (Å²) in [7, 11) is 0.